The molecule has 0 fully saturated rings. The molecule has 0 saturated heterocycles. The van der Waals surface area contributed by atoms with Crippen LogP contribution < -0.4 is 13.7 Å². The van der Waals surface area contributed by atoms with Crippen molar-refractivity contribution in [1.82, 2.24) is 9.55 Å². The molecular formula is C15H24N5O+3. The lowest BCUT2D eigenvalue weighted by Gasteiger charge is -1.92. The summed E-state index contributed by atoms with van der Waals surface area (Å²) in [5, 5.41) is 0. The van der Waals surface area contributed by atoms with Gasteiger partial charge in [-0.15, -0.1) is 0 Å². The van der Waals surface area contributed by atoms with Gasteiger partial charge in [0.05, 0.1) is 6.20 Å². The van der Waals surface area contributed by atoms with Gasteiger partial charge in [0.1, 0.15) is 28.2 Å². The fourth-order valence-corrected chi connectivity index (χ4v) is 2.24. The molecule has 0 bridgehead atoms. The van der Waals surface area contributed by atoms with Crippen molar-refractivity contribution in [2.24, 2.45) is 28.2 Å². The Hall–Kier alpha value is -2.24. The van der Waals surface area contributed by atoms with Gasteiger partial charge in [-0.25, -0.2) is 4.98 Å². The molecule has 3 rings (SSSR count). The van der Waals surface area contributed by atoms with Crippen molar-refractivity contribution in [1.29, 1.82) is 0 Å². The van der Waals surface area contributed by atoms with Crippen molar-refractivity contribution in [3.05, 3.63) is 36.2 Å². The van der Waals surface area contributed by atoms with E-state index in [1.54, 1.807) is 6.39 Å². The maximum absolute atomic E-state index is 5.06. The zero-order valence-corrected chi connectivity index (χ0v) is 13.9. The first-order chi connectivity index (χ1) is 9.82. The van der Waals surface area contributed by atoms with Crippen LogP contribution in [-0.4, -0.2) is 9.55 Å². The third kappa shape index (κ3) is 2.79. The highest BCUT2D eigenvalue weighted by molar-refractivity contribution is 5.62. The van der Waals surface area contributed by atoms with E-state index in [9.17, 15) is 0 Å². The quantitative estimate of drug-likeness (QED) is 0.557. The van der Waals surface area contributed by atoms with E-state index in [-0.39, 0.29) is 0 Å². The largest absolute Gasteiger partial charge is 0.409 e. The lowest BCUT2D eigenvalue weighted by atomic mass is 10.4. The Morgan fingerprint density at radius 1 is 1.10 bits per heavy atom. The van der Waals surface area contributed by atoms with Crippen LogP contribution >= 0.6 is 0 Å². The SMILES string of the molecule is Cc1ncc2c([n+](C)cn2C)[n+]1C.Cc1oc[n+](C)c1C. The van der Waals surface area contributed by atoms with Crippen LogP contribution in [0.2, 0.25) is 0 Å². The Labute approximate surface area is 124 Å². The Balaban J connectivity index is 0.000000173. The van der Waals surface area contributed by atoms with Crippen LogP contribution in [0.15, 0.2) is 23.3 Å². The van der Waals surface area contributed by atoms with Gasteiger partial charge >= 0.3 is 18.4 Å². The van der Waals surface area contributed by atoms with E-state index in [2.05, 4.69) is 18.7 Å². The summed E-state index contributed by atoms with van der Waals surface area (Å²) in [6, 6.07) is 0. The number of aromatic nitrogens is 5. The number of fused-ring (bicyclic) bond motifs is 1. The summed E-state index contributed by atoms with van der Waals surface area (Å²) in [7, 11) is 8.07. The summed E-state index contributed by atoms with van der Waals surface area (Å²) < 4.78 is 13.3. The van der Waals surface area contributed by atoms with Crippen LogP contribution in [0.5, 0.6) is 0 Å². The van der Waals surface area contributed by atoms with Crippen LogP contribution in [0.25, 0.3) is 11.2 Å². The van der Waals surface area contributed by atoms with Crippen LogP contribution in [0, 0.1) is 20.8 Å². The van der Waals surface area contributed by atoms with E-state index >= 15 is 0 Å². The predicted octanol–water partition coefficient (Wildman–Crippen LogP) is 0.252. The van der Waals surface area contributed by atoms with E-state index in [4.69, 9.17) is 4.42 Å². The van der Waals surface area contributed by atoms with Gasteiger partial charge in [0.2, 0.25) is 11.5 Å². The molecule has 3 aromatic rings. The molecule has 0 spiro atoms. The monoisotopic (exact) mass is 290 g/mol. The molecule has 0 aliphatic rings. The molecule has 0 unspecified atom stereocenters. The highest BCUT2D eigenvalue weighted by atomic mass is 16.3. The highest BCUT2D eigenvalue weighted by Gasteiger charge is 2.21. The average Bonchev–Trinajstić information content (AvgIpc) is 2.89. The molecule has 3 aromatic heterocycles. The minimum atomic E-state index is 0.993. The zero-order chi connectivity index (χ0) is 15.7. The van der Waals surface area contributed by atoms with E-state index in [1.807, 2.05) is 66.1 Å². The first-order valence-electron chi connectivity index (χ1n) is 6.89. The molecular weight excluding hydrogens is 266 g/mol. The number of nitrogens with zero attached hydrogens (tertiary/aromatic N) is 5. The smallest absolute Gasteiger partial charge is 0.398 e. The third-order valence-electron chi connectivity index (χ3n) is 3.89. The van der Waals surface area contributed by atoms with Crippen molar-refractivity contribution in [2.75, 3.05) is 0 Å². The molecule has 0 aliphatic carbocycles. The topological polar surface area (TPSA) is 42.6 Å². The van der Waals surface area contributed by atoms with Gasteiger partial charge in [0.25, 0.3) is 5.52 Å². The number of imidazole rings is 1. The molecule has 6 nitrogen and oxygen atoms in total. The Bertz CT molecular complexity index is 766. The van der Waals surface area contributed by atoms with Gasteiger partial charge in [0, 0.05) is 20.8 Å². The molecule has 6 heteroatoms. The van der Waals surface area contributed by atoms with Crippen molar-refractivity contribution < 1.29 is 18.1 Å². The number of oxazole rings is 1. The molecule has 0 aliphatic heterocycles. The number of rotatable bonds is 0. The van der Waals surface area contributed by atoms with Crippen molar-refractivity contribution in [3.63, 3.8) is 0 Å². The molecule has 112 valence electrons. The van der Waals surface area contributed by atoms with Crippen molar-refractivity contribution in [3.8, 4) is 0 Å². The fourth-order valence-electron chi connectivity index (χ4n) is 2.24. The Morgan fingerprint density at radius 2 is 1.76 bits per heavy atom. The Kier molecular flexibility index (Phi) is 4.06. The first kappa shape index (κ1) is 15.2. The minimum Gasteiger partial charge on any atom is -0.409 e. The lowest BCUT2D eigenvalue weighted by Crippen LogP contribution is -2.43. The fraction of sp³-hybridized carbons (Fsp3) is 0.467. The molecule has 3 heterocycles. The second kappa shape index (κ2) is 5.63. The highest BCUT2D eigenvalue weighted by Crippen LogP contribution is 2.02. The molecule has 0 aromatic carbocycles. The van der Waals surface area contributed by atoms with E-state index < -0.39 is 0 Å². The van der Waals surface area contributed by atoms with Crippen LogP contribution in [0.1, 0.15) is 17.3 Å². The van der Waals surface area contributed by atoms with Crippen LogP contribution in [0.4, 0.5) is 0 Å². The standard InChI is InChI=1S/C9H14N4.C6H10NO/c1-7-10-5-8-9(13(7)4)12(3)6-11(8)2;1-5-6(2)8-4-7(5)3/h5-6H,1-4H3;4H,1-3H3/q+2;+1. The second-order valence-corrected chi connectivity index (χ2v) is 5.39. The summed E-state index contributed by atoms with van der Waals surface area (Å²) >= 11 is 0. The summed E-state index contributed by atoms with van der Waals surface area (Å²) in [5.41, 5.74) is 3.52. The van der Waals surface area contributed by atoms with Gasteiger partial charge < -0.3 is 4.42 Å². The molecule has 21 heavy (non-hydrogen) atoms. The van der Waals surface area contributed by atoms with E-state index in [1.165, 1.54) is 11.3 Å². The third-order valence-corrected chi connectivity index (χ3v) is 3.89. The number of hydrogen-bond donors (Lipinski definition) is 0. The van der Waals surface area contributed by atoms with Crippen molar-refractivity contribution in [2.45, 2.75) is 20.8 Å². The number of aryl methyl sites for hydroxylation is 6. The van der Waals surface area contributed by atoms with Gasteiger partial charge in [0.15, 0.2) is 5.76 Å². The molecule has 0 atom stereocenters. The summed E-state index contributed by atoms with van der Waals surface area (Å²) in [6.45, 7) is 5.99. The summed E-state index contributed by atoms with van der Waals surface area (Å²) in [5.74, 6) is 2.02. The lowest BCUT2D eigenvalue weighted by molar-refractivity contribution is -0.757. The minimum absolute atomic E-state index is 0.993. The maximum atomic E-state index is 5.06. The summed E-state index contributed by atoms with van der Waals surface area (Å²) in [4.78, 5) is 4.31. The van der Waals surface area contributed by atoms with Gasteiger partial charge in [-0.2, -0.15) is 18.3 Å². The number of hydrogen-bond acceptors (Lipinski definition) is 2. The first-order valence-corrected chi connectivity index (χ1v) is 6.89. The molecule has 0 radical (unpaired) electrons. The zero-order valence-electron chi connectivity index (χ0n) is 13.9. The predicted molar refractivity (Wildman–Crippen MR) is 77.2 cm³/mol. The second-order valence-electron chi connectivity index (χ2n) is 5.39. The van der Waals surface area contributed by atoms with Gasteiger partial charge in [-0.05, 0) is 0 Å². The van der Waals surface area contributed by atoms with Crippen molar-refractivity contribution >= 4 is 11.2 Å². The van der Waals surface area contributed by atoms with Crippen LogP contribution in [0.3, 0.4) is 0 Å². The van der Waals surface area contributed by atoms with Gasteiger partial charge in [-0.3, -0.25) is 0 Å². The summed E-state index contributed by atoms with van der Waals surface area (Å²) in [6.07, 6.45) is 5.65. The maximum Gasteiger partial charge on any atom is 0.398 e. The van der Waals surface area contributed by atoms with Gasteiger partial charge in [-0.1, -0.05) is 0 Å². The van der Waals surface area contributed by atoms with Crippen LogP contribution in [-0.2, 0) is 28.2 Å². The molecule has 0 N–H and O–H groups in total. The molecule has 0 amide bonds. The Morgan fingerprint density at radius 3 is 2.24 bits per heavy atom. The van der Waals surface area contributed by atoms with E-state index in [0.717, 1.165) is 17.1 Å². The normalized spacial score (nSPS) is 10.6. The van der Waals surface area contributed by atoms with E-state index in [0.29, 0.717) is 0 Å². The molecule has 0 saturated carbocycles. The average molecular weight is 290 g/mol.